The van der Waals surface area contributed by atoms with Gasteiger partial charge in [0.25, 0.3) is 0 Å². The maximum Gasteiger partial charge on any atom is 0.304 e. The summed E-state index contributed by atoms with van der Waals surface area (Å²) in [6.07, 6.45) is 2.99. The van der Waals surface area contributed by atoms with E-state index in [0.717, 1.165) is 5.04 Å². The third-order valence-corrected chi connectivity index (χ3v) is 2.86. The first-order chi connectivity index (χ1) is 7.27. The van der Waals surface area contributed by atoms with Gasteiger partial charge in [-0.1, -0.05) is 0 Å². The third-order valence-electron chi connectivity index (χ3n) is 1.83. The SMILES string of the molecule is O=C(O)CCSC1=NC=NC2=NC=NC21. The lowest BCUT2D eigenvalue weighted by Gasteiger charge is -2.12. The van der Waals surface area contributed by atoms with Crippen LogP contribution in [0.3, 0.4) is 0 Å². The van der Waals surface area contributed by atoms with Crippen molar-refractivity contribution in [1.82, 2.24) is 0 Å². The minimum absolute atomic E-state index is 0.115. The predicted octanol–water partition coefficient (Wildman–Crippen LogP) is 0.444. The molecule has 0 aromatic rings. The van der Waals surface area contributed by atoms with Gasteiger partial charge in [0, 0.05) is 5.75 Å². The van der Waals surface area contributed by atoms with Crippen LogP contribution in [0.15, 0.2) is 20.0 Å². The van der Waals surface area contributed by atoms with Crippen LogP contribution in [0.4, 0.5) is 0 Å². The molecule has 2 heterocycles. The second-order valence-corrected chi connectivity index (χ2v) is 3.97. The van der Waals surface area contributed by atoms with Gasteiger partial charge in [0.1, 0.15) is 17.7 Å². The Bertz CT molecular complexity index is 399. The van der Waals surface area contributed by atoms with Crippen LogP contribution < -0.4 is 0 Å². The van der Waals surface area contributed by atoms with Gasteiger partial charge in [-0.15, -0.1) is 11.8 Å². The molecule has 1 unspecified atom stereocenters. The zero-order chi connectivity index (χ0) is 10.7. The van der Waals surface area contributed by atoms with Crippen LogP contribution >= 0.6 is 11.8 Å². The van der Waals surface area contributed by atoms with Crippen molar-refractivity contribution in [2.75, 3.05) is 5.75 Å². The summed E-state index contributed by atoms with van der Waals surface area (Å²) >= 11 is 1.39. The summed E-state index contributed by atoms with van der Waals surface area (Å²) in [4.78, 5) is 26.4. The molecule has 0 aromatic heterocycles. The number of thioether (sulfide) groups is 1. The number of amidine groups is 1. The molecule has 2 aliphatic heterocycles. The first-order valence-corrected chi connectivity index (χ1v) is 5.30. The smallest absolute Gasteiger partial charge is 0.304 e. The molecule has 0 bridgehead atoms. The van der Waals surface area contributed by atoms with Crippen LogP contribution in [0.1, 0.15) is 6.42 Å². The van der Waals surface area contributed by atoms with Crippen molar-refractivity contribution in [3.05, 3.63) is 0 Å². The van der Waals surface area contributed by atoms with Gasteiger partial charge >= 0.3 is 5.97 Å². The number of hydrogen-bond donors (Lipinski definition) is 1. The lowest BCUT2D eigenvalue weighted by Crippen LogP contribution is -2.26. The highest BCUT2D eigenvalue weighted by atomic mass is 32.2. The van der Waals surface area contributed by atoms with Crippen molar-refractivity contribution >= 4 is 41.3 Å². The second kappa shape index (κ2) is 4.35. The molecule has 2 aliphatic rings. The lowest BCUT2D eigenvalue weighted by atomic mass is 10.3. The van der Waals surface area contributed by atoms with E-state index in [1.54, 1.807) is 0 Å². The molecule has 1 N–H and O–H groups in total. The highest BCUT2D eigenvalue weighted by molar-refractivity contribution is 8.14. The van der Waals surface area contributed by atoms with Crippen LogP contribution in [-0.2, 0) is 4.79 Å². The molecule has 2 rings (SSSR count). The van der Waals surface area contributed by atoms with E-state index in [1.807, 2.05) is 0 Å². The number of carbonyl (C=O) groups is 1. The molecule has 0 saturated heterocycles. The monoisotopic (exact) mass is 224 g/mol. The molecule has 1 atom stereocenters. The lowest BCUT2D eigenvalue weighted by molar-refractivity contribution is -0.136. The highest BCUT2D eigenvalue weighted by Gasteiger charge is 2.26. The Hall–Kier alpha value is -1.50. The predicted molar refractivity (Wildman–Crippen MR) is 60.4 cm³/mol. The summed E-state index contributed by atoms with van der Waals surface area (Å²) < 4.78 is 0. The molecule has 0 saturated carbocycles. The molecule has 78 valence electrons. The van der Waals surface area contributed by atoms with Crippen LogP contribution in [-0.4, -0.2) is 46.4 Å². The fraction of sp³-hybridized carbons (Fsp3) is 0.375. The zero-order valence-corrected chi connectivity index (χ0v) is 8.52. The Morgan fingerprint density at radius 1 is 1.47 bits per heavy atom. The van der Waals surface area contributed by atoms with Crippen LogP contribution in [0, 0.1) is 0 Å². The fourth-order valence-electron chi connectivity index (χ4n) is 1.15. The van der Waals surface area contributed by atoms with Gasteiger partial charge in [0.2, 0.25) is 0 Å². The maximum absolute atomic E-state index is 10.3. The van der Waals surface area contributed by atoms with E-state index in [-0.39, 0.29) is 12.5 Å². The minimum atomic E-state index is -0.809. The average molecular weight is 224 g/mol. The Morgan fingerprint density at radius 3 is 3.13 bits per heavy atom. The molecular weight excluding hydrogens is 216 g/mol. The number of aliphatic imine (C=N–C) groups is 4. The van der Waals surface area contributed by atoms with Gasteiger partial charge in [-0.25, -0.2) is 15.0 Å². The number of rotatable bonds is 3. The van der Waals surface area contributed by atoms with E-state index in [2.05, 4.69) is 20.0 Å². The second-order valence-electron chi connectivity index (χ2n) is 2.86. The normalized spacial score (nSPS) is 22.3. The summed E-state index contributed by atoms with van der Waals surface area (Å²) in [6.45, 7) is 0. The van der Waals surface area contributed by atoms with Crippen LogP contribution in [0.25, 0.3) is 0 Å². The molecule has 7 heteroatoms. The zero-order valence-electron chi connectivity index (χ0n) is 7.70. The number of hydrogen-bond acceptors (Lipinski definition) is 6. The van der Waals surface area contributed by atoms with E-state index in [0.29, 0.717) is 11.6 Å². The van der Waals surface area contributed by atoms with Crippen molar-refractivity contribution in [2.24, 2.45) is 20.0 Å². The third kappa shape index (κ3) is 2.30. The highest BCUT2D eigenvalue weighted by Crippen LogP contribution is 2.18. The van der Waals surface area contributed by atoms with Crippen molar-refractivity contribution in [3.63, 3.8) is 0 Å². The van der Waals surface area contributed by atoms with Crippen molar-refractivity contribution < 1.29 is 9.90 Å². The molecule has 0 aliphatic carbocycles. The Balaban J connectivity index is 1.94. The summed E-state index contributed by atoms with van der Waals surface area (Å²) in [5, 5.41) is 9.26. The van der Waals surface area contributed by atoms with Gasteiger partial charge in [-0.2, -0.15) is 0 Å². The quantitative estimate of drug-likeness (QED) is 0.754. The minimum Gasteiger partial charge on any atom is -0.481 e. The Kier molecular flexibility index (Phi) is 2.91. The number of fused-ring (bicyclic) bond motifs is 1. The van der Waals surface area contributed by atoms with E-state index in [4.69, 9.17) is 5.11 Å². The molecule has 0 radical (unpaired) electrons. The number of aliphatic carboxylic acids is 1. The molecule has 0 amide bonds. The van der Waals surface area contributed by atoms with Crippen molar-refractivity contribution in [2.45, 2.75) is 12.5 Å². The van der Waals surface area contributed by atoms with Crippen LogP contribution in [0.5, 0.6) is 0 Å². The molecule has 15 heavy (non-hydrogen) atoms. The number of nitrogens with zero attached hydrogens (tertiary/aromatic N) is 4. The molecule has 6 nitrogen and oxygen atoms in total. The fourth-order valence-corrected chi connectivity index (χ4v) is 2.08. The molecule has 0 fully saturated rings. The number of carboxylic acid groups (broad SMARTS) is 1. The first-order valence-electron chi connectivity index (χ1n) is 4.31. The first kappa shape index (κ1) is 10.0. The van der Waals surface area contributed by atoms with Crippen molar-refractivity contribution in [3.8, 4) is 0 Å². The summed E-state index contributed by atoms with van der Waals surface area (Å²) in [5.41, 5.74) is 0. The van der Waals surface area contributed by atoms with Crippen molar-refractivity contribution in [1.29, 1.82) is 0 Å². The van der Waals surface area contributed by atoms with E-state index < -0.39 is 5.97 Å². The standard InChI is InChI=1S/C8H8N4O2S/c13-5(14)1-2-15-8-6-7(10-3-9-6)11-4-12-8/h3-4,6H,1-2H2,(H,13,14). The largest absolute Gasteiger partial charge is 0.481 e. The van der Waals surface area contributed by atoms with E-state index >= 15 is 0 Å². The van der Waals surface area contributed by atoms with Gasteiger partial charge in [0.05, 0.1) is 6.42 Å². The van der Waals surface area contributed by atoms with Gasteiger partial charge in [0.15, 0.2) is 11.9 Å². The summed E-state index contributed by atoms with van der Waals surface area (Å²) in [5.74, 6) is 0.306. The average Bonchev–Trinajstić information content (AvgIpc) is 2.65. The van der Waals surface area contributed by atoms with Crippen LogP contribution in [0.2, 0.25) is 0 Å². The Morgan fingerprint density at radius 2 is 2.33 bits per heavy atom. The molecule has 0 aromatic carbocycles. The Labute approximate surface area is 89.9 Å². The summed E-state index contributed by atoms with van der Waals surface area (Å²) in [7, 11) is 0. The maximum atomic E-state index is 10.3. The molecule has 0 spiro atoms. The van der Waals surface area contributed by atoms with Gasteiger partial charge in [-0.05, 0) is 0 Å². The van der Waals surface area contributed by atoms with Gasteiger partial charge in [-0.3, -0.25) is 9.79 Å². The number of carboxylic acids is 1. The van der Waals surface area contributed by atoms with E-state index in [1.165, 1.54) is 24.4 Å². The van der Waals surface area contributed by atoms with Gasteiger partial charge < -0.3 is 5.11 Å². The van der Waals surface area contributed by atoms with E-state index in [9.17, 15) is 4.79 Å². The molecular formula is C8H8N4O2S. The summed E-state index contributed by atoms with van der Waals surface area (Å²) in [6, 6.07) is -0.214. The topological polar surface area (TPSA) is 86.7 Å².